The Labute approximate surface area is 164 Å². The summed E-state index contributed by atoms with van der Waals surface area (Å²) in [5, 5.41) is 3.13. The van der Waals surface area contributed by atoms with Crippen LogP contribution in [0.1, 0.15) is 19.4 Å². The maximum Gasteiger partial charge on any atom is 0.278 e. The Bertz CT molecular complexity index is 916. The molecule has 0 atom stereocenters. The first-order valence-electron chi connectivity index (χ1n) is 9.10. The van der Waals surface area contributed by atoms with Crippen molar-refractivity contribution in [1.82, 2.24) is 4.90 Å². The third kappa shape index (κ3) is 3.86. The number of nitrogens with one attached hydrogen (secondary N) is 1. The maximum absolute atomic E-state index is 13.1. The van der Waals surface area contributed by atoms with Crippen LogP contribution in [-0.2, 0) is 9.59 Å². The average molecular weight is 380 g/mol. The topological polar surface area (TPSA) is 67.9 Å². The zero-order valence-electron chi connectivity index (χ0n) is 16.5. The number of carbonyl (C=O) groups excluding carboxylic acids is 2. The zero-order valence-corrected chi connectivity index (χ0v) is 16.5. The van der Waals surface area contributed by atoms with E-state index >= 15 is 0 Å². The van der Waals surface area contributed by atoms with Gasteiger partial charge in [0.05, 0.1) is 19.8 Å². The van der Waals surface area contributed by atoms with Gasteiger partial charge in [-0.2, -0.15) is 0 Å². The molecule has 1 aliphatic heterocycles. The number of benzene rings is 2. The van der Waals surface area contributed by atoms with E-state index in [4.69, 9.17) is 9.47 Å². The van der Waals surface area contributed by atoms with Gasteiger partial charge in [0.1, 0.15) is 17.2 Å². The van der Waals surface area contributed by atoms with Gasteiger partial charge in [-0.25, -0.2) is 0 Å². The van der Waals surface area contributed by atoms with Crippen LogP contribution >= 0.6 is 0 Å². The van der Waals surface area contributed by atoms with Crippen LogP contribution in [0.3, 0.4) is 0 Å². The molecule has 2 aromatic carbocycles. The summed E-state index contributed by atoms with van der Waals surface area (Å²) in [5.74, 6) is 0.887. The van der Waals surface area contributed by atoms with Crippen LogP contribution in [0.15, 0.2) is 54.2 Å². The lowest BCUT2D eigenvalue weighted by Gasteiger charge is -2.17. The van der Waals surface area contributed by atoms with Crippen LogP contribution in [0, 0.1) is 5.92 Å². The summed E-state index contributed by atoms with van der Waals surface area (Å²) in [7, 11) is 3.16. The van der Waals surface area contributed by atoms with E-state index in [0.29, 0.717) is 34.9 Å². The number of imide groups is 1. The second-order valence-corrected chi connectivity index (χ2v) is 6.95. The molecule has 6 heteroatoms. The van der Waals surface area contributed by atoms with E-state index in [9.17, 15) is 9.59 Å². The molecule has 2 aromatic rings. The van der Waals surface area contributed by atoms with Gasteiger partial charge in [0.15, 0.2) is 0 Å². The lowest BCUT2D eigenvalue weighted by molar-refractivity contribution is -0.137. The minimum absolute atomic E-state index is 0.168. The highest BCUT2D eigenvalue weighted by Gasteiger charge is 2.39. The van der Waals surface area contributed by atoms with Crippen molar-refractivity contribution in [1.29, 1.82) is 0 Å². The Balaban J connectivity index is 2.04. The largest absolute Gasteiger partial charge is 0.497 e. The molecule has 0 unspecified atom stereocenters. The monoisotopic (exact) mass is 380 g/mol. The summed E-state index contributed by atoms with van der Waals surface area (Å²) in [6.45, 7) is 4.31. The Kier molecular flexibility index (Phi) is 5.68. The second kappa shape index (κ2) is 8.17. The molecule has 0 saturated heterocycles. The summed E-state index contributed by atoms with van der Waals surface area (Å²) in [6, 6.07) is 14.4. The number of hydrogen-bond acceptors (Lipinski definition) is 5. The van der Waals surface area contributed by atoms with E-state index < -0.39 is 0 Å². The number of amides is 2. The SMILES string of the molecule is COc1ccc(C2=C(Nc3cccc(OC)c3)C(=O)N(CC(C)C)C2=O)cc1. The molecule has 1 N–H and O–H groups in total. The molecule has 3 rings (SSSR count). The first kappa shape index (κ1) is 19.5. The molecule has 0 fully saturated rings. The summed E-state index contributed by atoms with van der Waals surface area (Å²) >= 11 is 0. The second-order valence-electron chi connectivity index (χ2n) is 6.95. The van der Waals surface area contributed by atoms with Gasteiger partial charge in [-0.3, -0.25) is 14.5 Å². The smallest absolute Gasteiger partial charge is 0.278 e. The molecule has 0 spiro atoms. The van der Waals surface area contributed by atoms with Crippen LogP contribution in [0.2, 0.25) is 0 Å². The highest BCUT2D eigenvalue weighted by atomic mass is 16.5. The van der Waals surface area contributed by atoms with Gasteiger partial charge >= 0.3 is 0 Å². The molecule has 0 bridgehead atoms. The first-order valence-corrected chi connectivity index (χ1v) is 9.10. The van der Waals surface area contributed by atoms with E-state index in [2.05, 4.69) is 5.32 Å². The molecule has 2 amide bonds. The number of carbonyl (C=O) groups is 2. The van der Waals surface area contributed by atoms with E-state index in [-0.39, 0.29) is 23.4 Å². The van der Waals surface area contributed by atoms with Gasteiger partial charge in [-0.05, 0) is 35.7 Å². The zero-order chi connectivity index (χ0) is 20.3. The average Bonchev–Trinajstić information content (AvgIpc) is 2.92. The highest BCUT2D eigenvalue weighted by molar-refractivity contribution is 6.36. The molecule has 0 aromatic heterocycles. The van der Waals surface area contributed by atoms with Crippen molar-refractivity contribution < 1.29 is 19.1 Å². The number of methoxy groups -OCH3 is 2. The molecule has 28 heavy (non-hydrogen) atoms. The van der Waals surface area contributed by atoms with Crippen LogP contribution in [0.4, 0.5) is 5.69 Å². The van der Waals surface area contributed by atoms with Crippen LogP contribution in [-0.4, -0.2) is 37.5 Å². The first-order chi connectivity index (χ1) is 13.4. The summed E-state index contributed by atoms with van der Waals surface area (Å²) in [4.78, 5) is 27.4. The van der Waals surface area contributed by atoms with Gasteiger partial charge in [0.2, 0.25) is 0 Å². The fourth-order valence-corrected chi connectivity index (χ4v) is 3.09. The van der Waals surface area contributed by atoms with Crippen molar-refractivity contribution in [2.45, 2.75) is 13.8 Å². The predicted molar refractivity (Wildman–Crippen MR) is 108 cm³/mol. The van der Waals surface area contributed by atoms with Gasteiger partial charge in [-0.1, -0.05) is 32.0 Å². The highest BCUT2D eigenvalue weighted by Crippen LogP contribution is 2.32. The maximum atomic E-state index is 13.1. The quantitative estimate of drug-likeness (QED) is 0.744. The van der Waals surface area contributed by atoms with Crippen LogP contribution < -0.4 is 14.8 Å². The van der Waals surface area contributed by atoms with Gasteiger partial charge in [0.25, 0.3) is 11.8 Å². The molecule has 0 saturated carbocycles. The number of hydrogen-bond donors (Lipinski definition) is 1. The van der Waals surface area contributed by atoms with Gasteiger partial charge < -0.3 is 14.8 Å². The predicted octanol–water partition coefficient (Wildman–Crippen LogP) is 3.55. The van der Waals surface area contributed by atoms with E-state index in [1.807, 2.05) is 32.0 Å². The summed E-state index contributed by atoms with van der Waals surface area (Å²) < 4.78 is 10.4. The van der Waals surface area contributed by atoms with Gasteiger partial charge in [-0.15, -0.1) is 0 Å². The van der Waals surface area contributed by atoms with Gasteiger partial charge in [0, 0.05) is 18.3 Å². The minimum Gasteiger partial charge on any atom is -0.497 e. The van der Waals surface area contributed by atoms with E-state index in [1.165, 1.54) is 4.90 Å². The Hall–Kier alpha value is -3.28. The molecular weight excluding hydrogens is 356 g/mol. The third-order valence-corrected chi connectivity index (χ3v) is 4.43. The van der Waals surface area contributed by atoms with E-state index in [0.717, 1.165) is 0 Å². The fourth-order valence-electron chi connectivity index (χ4n) is 3.09. The fraction of sp³-hybridized carbons (Fsp3) is 0.273. The standard InChI is InChI=1S/C22H24N2O4/c1-14(2)13-24-21(25)19(15-8-10-17(27-3)11-9-15)20(22(24)26)23-16-6-5-7-18(12-16)28-4/h5-12,14,23H,13H2,1-4H3. The van der Waals surface area contributed by atoms with Crippen molar-refractivity contribution in [2.75, 3.05) is 26.1 Å². The van der Waals surface area contributed by atoms with Crippen molar-refractivity contribution in [3.05, 3.63) is 59.8 Å². The van der Waals surface area contributed by atoms with Crippen molar-refractivity contribution in [3.63, 3.8) is 0 Å². The lowest BCUT2D eigenvalue weighted by Crippen LogP contribution is -2.35. The van der Waals surface area contributed by atoms with Crippen molar-refractivity contribution in [3.8, 4) is 11.5 Å². The molecule has 146 valence electrons. The number of nitrogens with zero attached hydrogens (tertiary/aromatic N) is 1. The molecule has 1 heterocycles. The minimum atomic E-state index is -0.327. The summed E-state index contributed by atoms with van der Waals surface area (Å²) in [6.07, 6.45) is 0. The molecule has 0 aliphatic carbocycles. The van der Waals surface area contributed by atoms with Crippen molar-refractivity contribution in [2.24, 2.45) is 5.92 Å². The molecular formula is C22H24N2O4. The normalized spacial score (nSPS) is 14.1. The number of rotatable bonds is 7. The lowest BCUT2D eigenvalue weighted by atomic mass is 10.0. The Morgan fingerprint density at radius 2 is 1.61 bits per heavy atom. The Morgan fingerprint density at radius 3 is 2.21 bits per heavy atom. The van der Waals surface area contributed by atoms with Crippen LogP contribution in [0.5, 0.6) is 11.5 Å². The third-order valence-electron chi connectivity index (χ3n) is 4.43. The van der Waals surface area contributed by atoms with E-state index in [1.54, 1.807) is 44.6 Å². The Morgan fingerprint density at radius 1 is 0.929 bits per heavy atom. The molecule has 6 nitrogen and oxygen atoms in total. The summed E-state index contributed by atoms with van der Waals surface area (Å²) in [5.41, 5.74) is 1.96. The van der Waals surface area contributed by atoms with Crippen molar-refractivity contribution >= 4 is 23.1 Å². The number of anilines is 1. The molecule has 0 radical (unpaired) electrons. The van der Waals surface area contributed by atoms with Crippen LogP contribution in [0.25, 0.3) is 5.57 Å². The molecule has 1 aliphatic rings. The number of ether oxygens (including phenoxy) is 2.